The number of hydrogen-bond acceptors (Lipinski definition) is 3. The van der Waals surface area contributed by atoms with Gasteiger partial charge in [0.25, 0.3) is 0 Å². The molecule has 1 fully saturated rings. The predicted molar refractivity (Wildman–Crippen MR) is 73.3 cm³/mol. The molecule has 1 heterocycles. The van der Waals surface area contributed by atoms with E-state index < -0.39 is 0 Å². The quantitative estimate of drug-likeness (QED) is 0.664. The molecule has 0 aromatic heterocycles. The lowest BCUT2D eigenvalue weighted by Gasteiger charge is -2.37. The van der Waals surface area contributed by atoms with Crippen molar-refractivity contribution in [1.29, 1.82) is 0 Å². The third-order valence-electron chi connectivity index (χ3n) is 3.35. The summed E-state index contributed by atoms with van der Waals surface area (Å²) in [7, 11) is 0. The van der Waals surface area contributed by atoms with Gasteiger partial charge in [0.15, 0.2) is 0 Å². The standard InChI is InChI=1S/C13H27NOS/c1-3-14-11-13(7-5-9-15-12-13)8-6-10-16-4-2/h14H,3-12H2,1-2H3. The van der Waals surface area contributed by atoms with Gasteiger partial charge >= 0.3 is 0 Å². The van der Waals surface area contributed by atoms with Crippen molar-refractivity contribution in [1.82, 2.24) is 5.32 Å². The number of ether oxygens (including phenoxy) is 1. The number of hydrogen-bond donors (Lipinski definition) is 1. The summed E-state index contributed by atoms with van der Waals surface area (Å²) in [5.74, 6) is 2.56. The van der Waals surface area contributed by atoms with Gasteiger partial charge in [0.1, 0.15) is 0 Å². The lowest BCUT2D eigenvalue weighted by molar-refractivity contribution is -0.0119. The van der Waals surface area contributed by atoms with Crippen molar-refractivity contribution in [2.75, 3.05) is 37.8 Å². The second-order valence-electron chi connectivity index (χ2n) is 4.74. The van der Waals surface area contributed by atoms with Crippen LogP contribution in [0.15, 0.2) is 0 Å². The van der Waals surface area contributed by atoms with Crippen molar-refractivity contribution >= 4 is 11.8 Å². The van der Waals surface area contributed by atoms with Crippen molar-refractivity contribution in [3.63, 3.8) is 0 Å². The minimum Gasteiger partial charge on any atom is -0.381 e. The van der Waals surface area contributed by atoms with Gasteiger partial charge in [0.2, 0.25) is 0 Å². The predicted octanol–water partition coefficient (Wildman–Crippen LogP) is 2.93. The Hall–Kier alpha value is 0.270. The van der Waals surface area contributed by atoms with E-state index in [-0.39, 0.29) is 0 Å². The molecule has 1 rings (SSSR count). The summed E-state index contributed by atoms with van der Waals surface area (Å²) < 4.78 is 5.69. The van der Waals surface area contributed by atoms with Crippen LogP contribution in [0.5, 0.6) is 0 Å². The molecule has 0 radical (unpaired) electrons. The molecule has 0 aromatic carbocycles. The zero-order valence-corrected chi connectivity index (χ0v) is 11.7. The van der Waals surface area contributed by atoms with Crippen LogP contribution in [-0.2, 0) is 4.74 Å². The maximum absolute atomic E-state index is 5.69. The van der Waals surface area contributed by atoms with Gasteiger partial charge in [0, 0.05) is 18.6 Å². The van der Waals surface area contributed by atoms with Crippen molar-refractivity contribution in [3.05, 3.63) is 0 Å². The van der Waals surface area contributed by atoms with Crippen LogP contribution in [0.25, 0.3) is 0 Å². The summed E-state index contributed by atoms with van der Waals surface area (Å²) in [6, 6.07) is 0. The van der Waals surface area contributed by atoms with Crippen molar-refractivity contribution in [2.45, 2.75) is 39.5 Å². The zero-order valence-electron chi connectivity index (χ0n) is 10.9. The Balaban J connectivity index is 2.30. The maximum Gasteiger partial charge on any atom is 0.0534 e. The first kappa shape index (κ1) is 14.3. The van der Waals surface area contributed by atoms with Gasteiger partial charge in [-0.3, -0.25) is 0 Å². The topological polar surface area (TPSA) is 21.3 Å². The molecule has 0 amide bonds. The van der Waals surface area contributed by atoms with Gasteiger partial charge in [-0.1, -0.05) is 13.8 Å². The number of rotatable bonds is 8. The molecule has 1 aliphatic rings. The van der Waals surface area contributed by atoms with E-state index in [0.29, 0.717) is 5.41 Å². The first-order valence-electron chi connectivity index (χ1n) is 6.69. The van der Waals surface area contributed by atoms with E-state index in [1.807, 2.05) is 0 Å². The summed E-state index contributed by atoms with van der Waals surface area (Å²) in [6.07, 6.45) is 5.25. The molecule has 1 atom stereocenters. The van der Waals surface area contributed by atoms with Crippen LogP contribution < -0.4 is 5.32 Å². The average Bonchev–Trinajstić information content (AvgIpc) is 2.34. The third kappa shape index (κ3) is 5.07. The molecule has 1 aliphatic heterocycles. The monoisotopic (exact) mass is 245 g/mol. The molecule has 0 bridgehead atoms. The van der Waals surface area contributed by atoms with E-state index in [1.54, 1.807) is 0 Å². The van der Waals surface area contributed by atoms with Gasteiger partial charge in [-0.25, -0.2) is 0 Å². The largest absolute Gasteiger partial charge is 0.381 e. The summed E-state index contributed by atoms with van der Waals surface area (Å²) in [5.41, 5.74) is 0.433. The van der Waals surface area contributed by atoms with Crippen molar-refractivity contribution in [2.24, 2.45) is 5.41 Å². The highest BCUT2D eigenvalue weighted by Gasteiger charge is 2.31. The van der Waals surface area contributed by atoms with Crippen LogP contribution in [-0.4, -0.2) is 37.8 Å². The molecule has 2 nitrogen and oxygen atoms in total. The first-order valence-corrected chi connectivity index (χ1v) is 7.84. The first-order chi connectivity index (χ1) is 7.83. The van der Waals surface area contributed by atoms with E-state index in [2.05, 4.69) is 30.9 Å². The van der Waals surface area contributed by atoms with Gasteiger partial charge < -0.3 is 10.1 Å². The summed E-state index contributed by atoms with van der Waals surface area (Å²) in [5, 5.41) is 3.51. The molecule has 16 heavy (non-hydrogen) atoms. The van der Waals surface area contributed by atoms with Crippen LogP contribution in [0, 0.1) is 5.41 Å². The van der Waals surface area contributed by atoms with Crippen LogP contribution in [0.2, 0.25) is 0 Å². The Kier molecular flexibility index (Phi) is 7.50. The van der Waals surface area contributed by atoms with Crippen LogP contribution in [0.3, 0.4) is 0 Å². The summed E-state index contributed by atoms with van der Waals surface area (Å²) in [6.45, 7) is 8.58. The third-order valence-corrected chi connectivity index (χ3v) is 4.34. The van der Waals surface area contributed by atoms with Crippen LogP contribution >= 0.6 is 11.8 Å². The maximum atomic E-state index is 5.69. The van der Waals surface area contributed by atoms with Crippen molar-refractivity contribution < 1.29 is 4.74 Å². The zero-order chi connectivity index (χ0) is 11.7. The van der Waals surface area contributed by atoms with Gasteiger partial charge in [-0.05, 0) is 43.7 Å². The second-order valence-corrected chi connectivity index (χ2v) is 6.13. The highest BCUT2D eigenvalue weighted by atomic mass is 32.2. The lowest BCUT2D eigenvalue weighted by atomic mass is 9.78. The summed E-state index contributed by atoms with van der Waals surface area (Å²) in [4.78, 5) is 0. The van der Waals surface area contributed by atoms with Crippen LogP contribution in [0.4, 0.5) is 0 Å². The molecule has 0 aromatic rings. The van der Waals surface area contributed by atoms with Crippen LogP contribution in [0.1, 0.15) is 39.5 Å². The Labute approximate surface area is 105 Å². The fourth-order valence-corrected chi connectivity index (χ4v) is 3.06. The minimum absolute atomic E-state index is 0.433. The second kappa shape index (κ2) is 8.37. The molecule has 3 heteroatoms. The molecule has 1 unspecified atom stereocenters. The fourth-order valence-electron chi connectivity index (χ4n) is 2.42. The molecular weight excluding hydrogens is 218 g/mol. The highest BCUT2D eigenvalue weighted by molar-refractivity contribution is 7.99. The molecular formula is C13H27NOS. The van der Waals surface area contributed by atoms with Gasteiger partial charge in [-0.2, -0.15) is 11.8 Å². The molecule has 1 saturated heterocycles. The average molecular weight is 245 g/mol. The van der Waals surface area contributed by atoms with E-state index >= 15 is 0 Å². The van der Waals surface area contributed by atoms with E-state index in [1.165, 1.54) is 37.2 Å². The SMILES string of the molecule is CCNCC1(CCCSCC)CCCOC1. The Morgan fingerprint density at radius 1 is 1.38 bits per heavy atom. The normalized spacial score (nSPS) is 25.9. The Morgan fingerprint density at radius 3 is 2.88 bits per heavy atom. The Bertz CT molecular complexity index is 169. The minimum atomic E-state index is 0.433. The molecule has 0 aliphatic carbocycles. The number of nitrogens with one attached hydrogen (secondary N) is 1. The fraction of sp³-hybridized carbons (Fsp3) is 1.00. The van der Waals surface area contributed by atoms with E-state index in [9.17, 15) is 0 Å². The van der Waals surface area contributed by atoms with E-state index in [0.717, 1.165) is 26.3 Å². The molecule has 0 spiro atoms. The molecule has 0 saturated carbocycles. The van der Waals surface area contributed by atoms with Crippen molar-refractivity contribution in [3.8, 4) is 0 Å². The summed E-state index contributed by atoms with van der Waals surface area (Å²) >= 11 is 2.06. The number of thioether (sulfide) groups is 1. The van der Waals surface area contributed by atoms with Gasteiger partial charge in [0.05, 0.1) is 6.61 Å². The molecule has 1 N–H and O–H groups in total. The van der Waals surface area contributed by atoms with Gasteiger partial charge in [-0.15, -0.1) is 0 Å². The van der Waals surface area contributed by atoms with E-state index in [4.69, 9.17) is 4.74 Å². The smallest absolute Gasteiger partial charge is 0.0534 e. The lowest BCUT2D eigenvalue weighted by Crippen LogP contribution is -2.41. The molecule has 96 valence electrons. The Morgan fingerprint density at radius 2 is 2.25 bits per heavy atom. The highest BCUT2D eigenvalue weighted by Crippen LogP contribution is 2.33.